The Bertz CT molecular complexity index is 308. The SMILES string of the molecule is CC(C)C(c1ccc(Cl)cc1)C(C)(C)N. The smallest absolute Gasteiger partial charge is 0.0406 e. The van der Waals surface area contributed by atoms with Crippen LogP contribution in [-0.2, 0) is 0 Å². The summed E-state index contributed by atoms with van der Waals surface area (Å²) in [5.74, 6) is 0.876. The third-order valence-corrected chi connectivity index (χ3v) is 2.95. The lowest BCUT2D eigenvalue weighted by molar-refractivity contribution is 0.331. The van der Waals surface area contributed by atoms with Crippen molar-refractivity contribution in [3.63, 3.8) is 0 Å². The van der Waals surface area contributed by atoms with Gasteiger partial charge in [-0.2, -0.15) is 0 Å². The van der Waals surface area contributed by atoms with Crippen molar-refractivity contribution in [2.75, 3.05) is 0 Å². The topological polar surface area (TPSA) is 26.0 Å². The van der Waals surface area contributed by atoms with Crippen molar-refractivity contribution in [1.29, 1.82) is 0 Å². The standard InChI is InChI=1S/C13H20ClN/c1-9(2)12(13(3,4)15)10-5-7-11(14)8-6-10/h5-9,12H,15H2,1-4H3. The fourth-order valence-electron chi connectivity index (χ4n) is 2.34. The Morgan fingerprint density at radius 1 is 1.13 bits per heavy atom. The molecule has 2 heteroatoms. The summed E-state index contributed by atoms with van der Waals surface area (Å²) in [5, 5.41) is 0.774. The minimum absolute atomic E-state index is 0.206. The first-order valence-corrected chi connectivity index (χ1v) is 5.74. The molecule has 0 aliphatic rings. The maximum absolute atomic E-state index is 6.22. The maximum atomic E-state index is 6.22. The molecule has 84 valence electrons. The van der Waals surface area contributed by atoms with Crippen LogP contribution in [-0.4, -0.2) is 5.54 Å². The molecule has 0 saturated carbocycles. The van der Waals surface area contributed by atoms with Gasteiger partial charge in [0, 0.05) is 16.5 Å². The molecule has 1 aromatic carbocycles. The van der Waals surface area contributed by atoms with Gasteiger partial charge in [-0.25, -0.2) is 0 Å². The fourth-order valence-corrected chi connectivity index (χ4v) is 2.47. The molecule has 1 nitrogen and oxygen atoms in total. The Morgan fingerprint density at radius 3 is 1.93 bits per heavy atom. The molecule has 0 spiro atoms. The van der Waals surface area contributed by atoms with Crippen molar-refractivity contribution in [3.05, 3.63) is 34.9 Å². The molecule has 2 N–H and O–H groups in total. The van der Waals surface area contributed by atoms with Crippen LogP contribution in [0.2, 0.25) is 5.02 Å². The normalized spacial score (nSPS) is 14.3. The zero-order chi connectivity index (χ0) is 11.6. The largest absolute Gasteiger partial charge is 0.325 e. The summed E-state index contributed by atoms with van der Waals surface area (Å²) in [6.45, 7) is 8.56. The van der Waals surface area contributed by atoms with E-state index in [4.69, 9.17) is 17.3 Å². The number of hydrogen-bond acceptors (Lipinski definition) is 1. The quantitative estimate of drug-likeness (QED) is 0.832. The fraction of sp³-hybridized carbons (Fsp3) is 0.538. The third-order valence-electron chi connectivity index (χ3n) is 2.70. The number of nitrogens with two attached hydrogens (primary N) is 1. The first-order chi connectivity index (χ1) is 6.82. The Balaban J connectivity index is 3.05. The summed E-state index contributed by atoms with van der Waals surface area (Å²) in [5.41, 5.74) is 7.28. The molecule has 0 saturated heterocycles. The predicted molar refractivity (Wildman–Crippen MR) is 67.3 cm³/mol. The van der Waals surface area contributed by atoms with Gasteiger partial charge in [0.25, 0.3) is 0 Å². The van der Waals surface area contributed by atoms with E-state index < -0.39 is 0 Å². The highest BCUT2D eigenvalue weighted by molar-refractivity contribution is 6.30. The molecule has 1 atom stereocenters. The van der Waals surface area contributed by atoms with Gasteiger partial charge in [0.05, 0.1) is 0 Å². The zero-order valence-electron chi connectivity index (χ0n) is 9.92. The van der Waals surface area contributed by atoms with Gasteiger partial charge in [-0.3, -0.25) is 0 Å². The zero-order valence-corrected chi connectivity index (χ0v) is 10.7. The van der Waals surface area contributed by atoms with Crippen molar-refractivity contribution in [2.24, 2.45) is 11.7 Å². The molecule has 15 heavy (non-hydrogen) atoms. The summed E-state index contributed by atoms with van der Waals surface area (Å²) in [4.78, 5) is 0. The maximum Gasteiger partial charge on any atom is 0.0406 e. The number of halogens is 1. The van der Waals surface area contributed by atoms with Gasteiger partial charge in [0.1, 0.15) is 0 Å². The minimum Gasteiger partial charge on any atom is -0.325 e. The summed E-state index contributed by atoms with van der Waals surface area (Å²) in [6, 6.07) is 8.00. The van der Waals surface area contributed by atoms with Crippen LogP contribution < -0.4 is 5.73 Å². The van der Waals surface area contributed by atoms with E-state index in [-0.39, 0.29) is 5.54 Å². The van der Waals surface area contributed by atoms with Crippen molar-refractivity contribution >= 4 is 11.6 Å². The van der Waals surface area contributed by atoms with Gasteiger partial charge in [-0.05, 0) is 37.5 Å². The lowest BCUT2D eigenvalue weighted by atomic mass is 9.75. The van der Waals surface area contributed by atoms with Crippen LogP contribution in [0.4, 0.5) is 0 Å². The van der Waals surface area contributed by atoms with E-state index in [1.807, 2.05) is 12.1 Å². The van der Waals surface area contributed by atoms with E-state index in [1.165, 1.54) is 5.56 Å². The molecule has 0 heterocycles. The van der Waals surface area contributed by atoms with E-state index in [1.54, 1.807) is 0 Å². The molecular formula is C13H20ClN. The van der Waals surface area contributed by atoms with Gasteiger partial charge in [-0.1, -0.05) is 37.6 Å². The van der Waals surface area contributed by atoms with Crippen molar-refractivity contribution in [2.45, 2.75) is 39.2 Å². The van der Waals surface area contributed by atoms with Crippen LogP contribution in [0.15, 0.2) is 24.3 Å². The monoisotopic (exact) mass is 225 g/mol. The Kier molecular flexibility index (Phi) is 3.80. The molecule has 0 fully saturated rings. The molecular weight excluding hydrogens is 206 g/mol. The van der Waals surface area contributed by atoms with E-state index >= 15 is 0 Å². The van der Waals surface area contributed by atoms with Gasteiger partial charge in [-0.15, -0.1) is 0 Å². The summed E-state index contributed by atoms with van der Waals surface area (Å²) >= 11 is 5.88. The average molecular weight is 226 g/mol. The first-order valence-electron chi connectivity index (χ1n) is 5.36. The summed E-state index contributed by atoms with van der Waals surface area (Å²) < 4.78 is 0. The molecule has 1 aromatic rings. The van der Waals surface area contributed by atoms with Gasteiger partial charge < -0.3 is 5.73 Å². The van der Waals surface area contributed by atoms with Gasteiger partial charge in [0.2, 0.25) is 0 Å². The minimum atomic E-state index is -0.206. The number of rotatable bonds is 3. The molecule has 0 aromatic heterocycles. The molecule has 0 amide bonds. The Hall–Kier alpha value is -0.530. The van der Waals surface area contributed by atoms with E-state index in [9.17, 15) is 0 Å². The number of benzene rings is 1. The lowest BCUT2D eigenvalue weighted by Gasteiger charge is -2.34. The average Bonchev–Trinajstić information content (AvgIpc) is 2.05. The van der Waals surface area contributed by atoms with Crippen LogP contribution in [0.1, 0.15) is 39.2 Å². The molecule has 0 aliphatic carbocycles. The predicted octanol–water partition coefficient (Wildman–Crippen LogP) is 3.82. The Morgan fingerprint density at radius 2 is 1.60 bits per heavy atom. The summed E-state index contributed by atoms with van der Waals surface area (Å²) in [7, 11) is 0. The second-order valence-corrected chi connectivity index (χ2v) is 5.53. The van der Waals surface area contributed by atoms with Crippen molar-refractivity contribution < 1.29 is 0 Å². The van der Waals surface area contributed by atoms with E-state index in [2.05, 4.69) is 39.8 Å². The van der Waals surface area contributed by atoms with Crippen LogP contribution in [0, 0.1) is 5.92 Å². The molecule has 1 unspecified atom stereocenters. The second kappa shape index (κ2) is 4.54. The highest BCUT2D eigenvalue weighted by Crippen LogP contribution is 2.33. The van der Waals surface area contributed by atoms with Crippen molar-refractivity contribution in [1.82, 2.24) is 0 Å². The third kappa shape index (κ3) is 3.22. The van der Waals surface area contributed by atoms with E-state index in [0.717, 1.165) is 5.02 Å². The summed E-state index contributed by atoms with van der Waals surface area (Å²) in [6.07, 6.45) is 0. The molecule has 0 bridgehead atoms. The van der Waals surface area contributed by atoms with Crippen molar-refractivity contribution in [3.8, 4) is 0 Å². The Labute approximate surface area is 97.6 Å². The van der Waals surface area contributed by atoms with Crippen LogP contribution in [0.3, 0.4) is 0 Å². The molecule has 0 aliphatic heterocycles. The highest BCUT2D eigenvalue weighted by atomic mass is 35.5. The van der Waals surface area contributed by atoms with Crippen LogP contribution in [0.25, 0.3) is 0 Å². The van der Waals surface area contributed by atoms with Gasteiger partial charge >= 0.3 is 0 Å². The number of hydrogen-bond donors (Lipinski definition) is 1. The first kappa shape index (κ1) is 12.5. The van der Waals surface area contributed by atoms with Crippen LogP contribution in [0.5, 0.6) is 0 Å². The molecule has 1 rings (SSSR count). The van der Waals surface area contributed by atoms with Crippen LogP contribution >= 0.6 is 11.6 Å². The lowest BCUT2D eigenvalue weighted by Crippen LogP contribution is -2.41. The second-order valence-electron chi connectivity index (χ2n) is 5.09. The van der Waals surface area contributed by atoms with Gasteiger partial charge in [0.15, 0.2) is 0 Å². The highest BCUT2D eigenvalue weighted by Gasteiger charge is 2.29. The van der Waals surface area contributed by atoms with E-state index in [0.29, 0.717) is 11.8 Å². The molecule has 0 radical (unpaired) electrons.